The maximum absolute atomic E-state index is 11.6. The third-order valence-electron chi connectivity index (χ3n) is 3.18. The van der Waals surface area contributed by atoms with Crippen molar-refractivity contribution in [1.82, 2.24) is 10.4 Å². The van der Waals surface area contributed by atoms with E-state index in [-0.39, 0.29) is 5.91 Å². The SMILES string of the molecule is CC(=O)N1NCC(Cc2ccccc2)=C1C(C)C. The molecule has 1 N–H and O–H groups in total. The molecule has 0 unspecified atom stereocenters. The highest BCUT2D eigenvalue weighted by atomic mass is 16.2. The summed E-state index contributed by atoms with van der Waals surface area (Å²) >= 11 is 0. The molecule has 0 atom stereocenters. The van der Waals surface area contributed by atoms with Crippen LogP contribution in [0.15, 0.2) is 41.6 Å². The van der Waals surface area contributed by atoms with Gasteiger partial charge in [0.2, 0.25) is 5.91 Å². The average Bonchev–Trinajstić information content (AvgIpc) is 2.74. The van der Waals surface area contributed by atoms with Crippen LogP contribution in [0.25, 0.3) is 0 Å². The molecule has 0 spiro atoms. The number of hydrogen-bond acceptors (Lipinski definition) is 2. The normalized spacial score (nSPS) is 15.7. The first-order chi connectivity index (χ1) is 8.59. The Bertz CT molecular complexity index is 463. The third kappa shape index (κ3) is 2.62. The molecule has 0 aromatic heterocycles. The summed E-state index contributed by atoms with van der Waals surface area (Å²) in [4.78, 5) is 11.6. The predicted octanol–water partition coefficient (Wildman–Crippen LogP) is 2.51. The molecule has 1 aliphatic rings. The van der Waals surface area contributed by atoms with Gasteiger partial charge in [-0.25, -0.2) is 10.4 Å². The van der Waals surface area contributed by atoms with Gasteiger partial charge in [-0.2, -0.15) is 0 Å². The smallest absolute Gasteiger partial charge is 0.237 e. The summed E-state index contributed by atoms with van der Waals surface area (Å²) in [5.41, 5.74) is 6.90. The zero-order chi connectivity index (χ0) is 13.1. The van der Waals surface area contributed by atoms with Crippen LogP contribution in [-0.2, 0) is 11.2 Å². The molecule has 0 saturated carbocycles. The van der Waals surface area contributed by atoms with Gasteiger partial charge in [-0.1, -0.05) is 44.2 Å². The first-order valence-electron chi connectivity index (χ1n) is 6.39. The Labute approximate surface area is 108 Å². The van der Waals surface area contributed by atoms with Crippen molar-refractivity contribution in [2.75, 3.05) is 6.54 Å². The molecule has 0 aliphatic carbocycles. The second kappa shape index (κ2) is 5.36. The van der Waals surface area contributed by atoms with Crippen LogP contribution < -0.4 is 5.43 Å². The number of benzene rings is 1. The molecule has 18 heavy (non-hydrogen) atoms. The molecule has 1 aromatic carbocycles. The summed E-state index contributed by atoms with van der Waals surface area (Å²) in [6.07, 6.45) is 0.908. The first kappa shape index (κ1) is 12.8. The lowest BCUT2D eigenvalue weighted by molar-refractivity contribution is -0.129. The Kier molecular flexibility index (Phi) is 3.82. The van der Waals surface area contributed by atoms with Gasteiger partial charge in [-0.15, -0.1) is 0 Å². The number of amides is 1. The zero-order valence-electron chi connectivity index (χ0n) is 11.2. The summed E-state index contributed by atoms with van der Waals surface area (Å²) in [5.74, 6) is 0.407. The van der Waals surface area contributed by atoms with Crippen molar-refractivity contribution < 1.29 is 4.79 Å². The van der Waals surface area contributed by atoms with Gasteiger partial charge in [0, 0.05) is 19.2 Å². The van der Waals surface area contributed by atoms with Gasteiger partial charge in [0.15, 0.2) is 0 Å². The molecule has 1 heterocycles. The van der Waals surface area contributed by atoms with Crippen molar-refractivity contribution in [3.63, 3.8) is 0 Å². The summed E-state index contributed by atoms with van der Waals surface area (Å²) in [7, 11) is 0. The van der Waals surface area contributed by atoms with Gasteiger partial charge in [-0.05, 0) is 23.5 Å². The summed E-state index contributed by atoms with van der Waals surface area (Å²) in [6, 6.07) is 10.4. The topological polar surface area (TPSA) is 32.3 Å². The van der Waals surface area contributed by atoms with Crippen LogP contribution >= 0.6 is 0 Å². The first-order valence-corrected chi connectivity index (χ1v) is 6.39. The number of nitrogens with zero attached hydrogens (tertiary/aromatic N) is 1. The van der Waals surface area contributed by atoms with Gasteiger partial charge in [0.1, 0.15) is 0 Å². The van der Waals surface area contributed by atoms with Crippen molar-refractivity contribution in [2.24, 2.45) is 5.92 Å². The lowest BCUT2D eigenvalue weighted by atomic mass is 9.99. The van der Waals surface area contributed by atoms with Crippen LogP contribution in [0, 0.1) is 5.92 Å². The highest BCUT2D eigenvalue weighted by Gasteiger charge is 2.26. The van der Waals surface area contributed by atoms with E-state index in [0.717, 1.165) is 18.7 Å². The van der Waals surface area contributed by atoms with E-state index < -0.39 is 0 Å². The maximum Gasteiger partial charge on any atom is 0.237 e. The fraction of sp³-hybridized carbons (Fsp3) is 0.400. The molecule has 0 bridgehead atoms. The Hall–Kier alpha value is -1.61. The van der Waals surface area contributed by atoms with Crippen LogP contribution in [-0.4, -0.2) is 17.5 Å². The second-order valence-corrected chi connectivity index (χ2v) is 5.00. The molecule has 1 aromatic rings. The van der Waals surface area contributed by atoms with Crippen LogP contribution in [0.1, 0.15) is 26.3 Å². The minimum absolute atomic E-state index is 0.0572. The minimum atomic E-state index is 0.0572. The number of carbonyl (C=O) groups excluding carboxylic acids is 1. The van der Waals surface area contributed by atoms with E-state index in [1.807, 2.05) is 6.07 Å². The summed E-state index contributed by atoms with van der Waals surface area (Å²) < 4.78 is 0. The Morgan fingerprint density at radius 2 is 2.00 bits per heavy atom. The molecule has 1 aliphatic heterocycles. The van der Waals surface area contributed by atoms with Crippen molar-refractivity contribution in [3.8, 4) is 0 Å². The molecule has 3 heteroatoms. The molecule has 0 radical (unpaired) electrons. The Morgan fingerprint density at radius 1 is 1.33 bits per heavy atom. The maximum atomic E-state index is 11.6. The van der Waals surface area contributed by atoms with Gasteiger partial charge in [0.05, 0.1) is 0 Å². The van der Waals surface area contributed by atoms with E-state index in [0.29, 0.717) is 5.92 Å². The van der Waals surface area contributed by atoms with Crippen LogP contribution in [0.2, 0.25) is 0 Å². The second-order valence-electron chi connectivity index (χ2n) is 5.00. The summed E-state index contributed by atoms with van der Waals surface area (Å²) in [6.45, 7) is 6.62. The van der Waals surface area contributed by atoms with Crippen molar-refractivity contribution >= 4 is 5.91 Å². The van der Waals surface area contributed by atoms with E-state index in [1.54, 1.807) is 11.9 Å². The molecule has 0 fully saturated rings. The summed E-state index contributed by atoms with van der Waals surface area (Å²) in [5, 5.41) is 1.70. The number of hydrazine groups is 1. The number of allylic oxidation sites excluding steroid dienone is 1. The number of carbonyl (C=O) groups is 1. The van der Waals surface area contributed by atoms with Crippen LogP contribution in [0.4, 0.5) is 0 Å². The predicted molar refractivity (Wildman–Crippen MR) is 72.5 cm³/mol. The van der Waals surface area contributed by atoms with E-state index >= 15 is 0 Å². The van der Waals surface area contributed by atoms with Crippen LogP contribution in [0.5, 0.6) is 0 Å². The highest BCUT2D eigenvalue weighted by Crippen LogP contribution is 2.25. The van der Waals surface area contributed by atoms with E-state index in [4.69, 9.17) is 0 Å². The average molecular weight is 244 g/mol. The molecule has 2 rings (SSSR count). The molecule has 96 valence electrons. The van der Waals surface area contributed by atoms with Gasteiger partial charge >= 0.3 is 0 Å². The zero-order valence-corrected chi connectivity index (χ0v) is 11.2. The standard InChI is InChI=1S/C15H20N2O/c1-11(2)15-14(10-16-17(15)12(3)18)9-13-7-5-4-6-8-13/h4-8,11,16H,9-10H2,1-3H3. The Balaban J connectivity index is 2.26. The number of rotatable bonds is 3. The van der Waals surface area contributed by atoms with Crippen molar-refractivity contribution in [3.05, 3.63) is 47.2 Å². The van der Waals surface area contributed by atoms with Crippen molar-refractivity contribution in [1.29, 1.82) is 0 Å². The molecular formula is C15H20N2O. The van der Waals surface area contributed by atoms with E-state index in [9.17, 15) is 4.79 Å². The third-order valence-corrected chi connectivity index (χ3v) is 3.18. The quantitative estimate of drug-likeness (QED) is 0.886. The molecular weight excluding hydrogens is 224 g/mol. The Morgan fingerprint density at radius 3 is 2.56 bits per heavy atom. The molecule has 0 saturated heterocycles. The fourth-order valence-corrected chi connectivity index (χ4v) is 2.45. The fourth-order valence-electron chi connectivity index (χ4n) is 2.45. The monoisotopic (exact) mass is 244 g/mol. The lowest BCUT2D eigenvalue weighted by Gasteiger charge is -2.21. The van der Waals surface area contributed by atoms with Gasteiger partial charge in [0.25, 0.3) is 0 Å². The largest absolute Gasteiger partial charge is 0.273 e. The minimum Gasteiger partial charge on any atom is -0.273 e. The lowest BCUT2D eigenvalue weighted by Crippen LogP contribution is -2.37. The number of hydrogen-bond donors (Lipinski definition) is 1. The van der Waals surface area contributed by atoms with E-state index in [1.165, 1.54) is 11.1 Å². The van der Waals surface area contributed by atoms with Gasteiger partial charge in [-0.3, -0.25) is 4.79 Å². The highest BCUT2D eigenvalue weighted by molar-refractivity contribution is 5.75. The van der Waals surface area contributed by atoms with Crippen molar-refractivity contribution in [2.45, 2.75) is 27.2 Å². The van der Waals surface area contributed by atoms with Gasteiger partial charge < -0.3 is 0 Å². The van der Waals surface area contributed by atoms with E-state index in [2.05, 4.69) is 43.5 Å². The number of nitrogens with one attached hydrogen (secondary N) is 1. The molecule has 1 amide bonds. The molecule has 3 nitrogen and oxygen atoms in total. The van der Waals surface area contributed by atoms with Crippen LogP contribution in [0.3, 0.4) is 0 Å².